The molecule has 140 valence electrons. The van der Waals surface area contributed by atoms with Crippen LogP contribution in [0.1, 0.15) is 37.3 Å². The average Bonchev–Trinajstić information content (AvgIpc) is 3.25. The molecule has 0 unspecified atom stereocenters. The van der Waals surface area contributed by atoms with Crippen molar-refractivity contribution in [1.82, 2.24) is 19.7 Å². The van der Waals surface area contributed by atoms with Gasteiger partial charge in [0.2, 0.25) is 5.91 Å². The number of hydrogen-bond donors (Lipinski definition) is 0. The minimum atomic E-state index is -0.452. The largest absolute Gasteiger partial charge is 0.303 e. The van der Waals surface area contributed by atoms with Gasteiger partial charge in [-0.2, -0.15) is 0 Å². The Labute approximate surface area is 164 Å². The first-order chi connectivity index (χ1) is 13.0. The van der Waals surface area contributed by atoms with Crippen LogP contribution in [0.4, 0.5) is 15.2 Å². The van der Waals surface area contributed by atoms with E-state index in [2.05, 4.69) is 19.7 Å². The normalized spacial score (nSPS) is 13.7. The highest BCUT2D eigenvalue weighted by Gasteiger charge is 2.28. The lowest BCUT2D eigenvalue weighted by atomic mass is 10.3. The standard InChI is InChI=1S/C18H18FN5OS2/c1-11-21-22-18(23(11)14-7-8-14)27-10-13-9-26-17(20-13)24(12(2)25)16-6-4-3-5-15(16)19/h3-6,9,14H,7-8,10H2,1-2H3. The quantitative estimate of drug-likeness (QED) is 0.567. The molecule has 1 aliphatic rings. The van der Waals surface area contributed by atoms with Crippen molar-refractivity contribution in [3.63, 3.8) is 0 Å². The fourth-order valence-corrected chi connectivity index (χ4v) is 4.77. The molecule has 9 heteroatoms. The molecule has 4 rings (SSSR count). The summed E-state index contributed by atoms with van der Waals surface area (Å²) in [7, 11) is 0. The van der Waals surface area contributed by atoms with E-state index in [0.29, 0.717) is 16.9 Å². The van der Waals surface area contributed by atoms with Crippen LogP contribution in [0.3, 0.4) is 0 Å². The molecule has 0 aliphatic heterocycles. The molecule has 0 saturated heterocycles. The fraction of sp³-hybridized carbons (Fsp3) is 0.333. The minimum absolute atomic E-state index is 0.211. The van der Waals surface area contributed by atoms with Crippen molar-refractivity contribution in [3.05, 3.63) is 47.0 Å². The van der Waals surface area contributed by atoms with Crippen LogP contribution in [0.25, 0.3) is 0 Å². The van der Waals surface area contributed by atoms with Crippen LogP contribution >= 0.6 is 23.1 Å². The van der Waals surface area contributed by atoms with E-state index in [4.69, 9.17) is 0 Å². The van der Waals surface area contributed by atoms with E-state index in [-0.39, 0.29) is 11.6 Å². The second kappa shape index (κ2) is 7.40. The second-order valence-electron chi connectivity index (χ2n) is 6.35. The number of nitrogens with zero attached hydrogens (tertiary/aromatic N) is 5. The summed E-state index contributed by atoms with van der Waals surface area (Å²) in [5, 5.41) is 11.7. The zero-order valence-electron chi connectivity index (χ0n) is 14.9. The molecule has 1 saturated carbocycles. The first-order valence-electron chi connectivity index (χ1n) is 8.58. The van der Waals surface area contributed by atoms with Crippen molar-refractivity contribution in [2.24, 2.45) is 0 Å². The first-order valence-corrected chi connectivity index (χ1v) is 10.4. The SMILES string of the molecule is CC(=O)N(c1nc(CSc2nnc(C)n2C2CC2)cs1)c1ccccc1F. The Morgan fingerprint density at radius 1 is 1.37 bits per heavy atom. The number of amides is 1. The molecule has 1 amide bonds. The number of carbonyl (C=O) groups is 1. The summed E-state index contributed by atoms with van der Waals surface area (Å²) in [6.45, 7) is 3.37. The molecule has 0 radical (unpaired) electrons. The molecule has 6 nitrogen and oxygen atoms in total. The molecule has 27 heavy (non-hydrogen) atoms. The van der Waals surface area contributed by atoms with Gasteiger partial charge in [-0.05, 0) is 31.9 Å². The number of rotatable bonds is 6. The molecular weight excluding hydrogens is 385 g/mol. The highest BCUT2D eigenvalue weighted by atomic mass is 32.2. The molecule has 0 bridgehead atoms. The van der Waals surface area contributed by atoms with Crippen LogP contribution in [0.5, 0.6) is 0 Å². The Hall–Kier alpha value is -2.26. The van der Waals surface area contributed by atoms with E-state index in [9.17, 15) is 9.18 Å². The number of hydrogen-bond acceptors (Lipinski definition) is 6. The monoisotopic (exact) mass is 403 g/mol. The Balaban J connectivity index is 1.52. The van der Waals surface area contributed by atoms with Crippen molar-refractivity contribution >= 4 is 39.8 Å². The summed E-state index contributed by atoms with van der Waals surface area (Å²) >= 11 is 2.90. The molecule has 0 atom stereocenters. The summed E-state index contributed by atoms with van der Waals surface area (Å²) in [5.41, 5.74) is 1.04. The van der Waals surface area contributed by atoms with Gasteiger partial charge in [0, 0.05) is 24.1 Å². The van der Waals surface area contributed by atoms with Gasteiger partial charge < -0.3 is 4.57 Å². The molecule has 1 aliphatic carbocycles. The van der Waals surface area contributed by atoms with Gasteiger partial charge in [0.1, 0.15) is 11.6 Å². The summed E-state index contributed by atoms with van der Waals surface area (Å²) < 4.78 is 16.3. The van der Waals surface area contributed by atoms with Gasteiger partial charge >= 0.3 is 0 Å². The third-order valence-corrected chi connectivity index (χ3v) is 6.09. The smallest absolute Gasteiger partial charge is 0.230 e. The van der Waals surface area contributed by atoms with Crippen molar-refractivity contribution in [3.8, 4) is 0 Å². The van der Waals surface area contributed by atoms with E-state index >= 15 is 0 Å². The first kappa shape index (κ1) is 18.1. The number of thiazole rings is 1. The van der Waals surface area contributed by atoms with E-state index in [0.717, 1.165) is 16.7 Å². The van der Waals surface area contributed by atoms with Gasteiger partial charge in [0.15, 0.2) is 10.3 Å². The lowest BCUT2D eigenvalue weighted by molar-refractivity contribution is -0.115. The van der Waals surface area contributed by atoms with E-state index in [1.165, 1.54) is 42.1 Å². The van der Waals surface area contributed by atoms with E-state index in [1.807, 2.05) is 12.3 Å². The number of aryl methyl sites for hydroxylation is 1. The van der Waals surface area contributed by atoms with Crippen LogP contribution < -0.4 is 4.90 Å². The summed E-state index contributed by atoms with van der Waals surface area (Å²) in [4.78, 5) is 18.0. The van der Waals surface area contributed by atoms with Crippen molar-refractivity contribution in [2.45, 2.75) is 43.6 Å². The van der Waals surface area contributed by atoms with Crippen LogP contribution in [-0.2, 0) is 10.5 Å². The van der Waals surface area contributed by atoms with Crippen LogP contribution in [0.15, 0.2) is 34.8 Å². The topological polar surface area (TPSA) is 63.9 Å². The van der Waals surface area contributed by atoms with Crippen molar-refractivity contribution in [1.29, 1.82) is 0 Å². The third kappa shape index (κ3) is 3.74. The number of halogens is 1. The number of benzene rings is 1. The zero-order chi connectivity index (χ0) is 19.0. The maximum Gasteiger partial charge on any atom is 0.230 e. The molecular formula is C18H18FN5OS2. The highest BCUT2D eigenvalue weighted by Crippen LogP contribution is 2.39. The van der Waals surface area contributed by atoms with Gasteiger partial charge in [-0.3, -0.25) is 9.69 Å². The number of anilines is 2. The average molecular weight is 404 g/mol. The molecule has 3 aromatic rings. The third-order valence-electron chi connectivity index (χ3n) is 4.24. The molecule has 0 N–H and O–H groups in total. The molecule has 2 heterocycles. The highest BCUT2D eigenvalue weighted by molar-refractivity contribution is 7.98. The Bertz CT molecular complexity index is 982. The van der Waals surface area contributed by atoms with E-state index < -0.39 is 5.82 Å². The van der Waals surface area contributed by atoms with Gasteiger partial charge in [-0.25, -0.2) is 9.37 Å². The van der Waals surface area contributed by atoms with E-state index in [1.54, 1.807) is 30.0 Å². The Morgan fingerprint density at radius 2 is 2.15 bits per heavy atom. The maximum absolute atomic E-state index is 14.2. The minimum Gasteiger partial charge on any atom is -0.303 e. The Kier molecular flexibility index (Phi) is 4.96. The van der Waals surface area contributed by atoms with Gasteiger partial charge in [-0.15, -0.1) is 21.5 Å². The number of para-hydroxylation sites is 1. The van der Waals surface area contributed by atoms with Crippen LogP contribution in [0.2, 0.25) is 0 Å². The number of thioether (sulfide) groups is 1. The predicted octanol–water partition coefficient (Wildman–Crippen LogP) is 4.49. The fourth-order valence-electron chi connectivity index (χ4n) is 2.85. The summed E-state index contributed by atoms with van der Waals surface area (Å²) in [6, 6.07) is 6.73. The van der Waals surface area contributed by atoms with Crippen LogP contribution in [0, 0.1) is 12.7 Å². The molecule has 1 fully saturated rings. The van der Waals surface area contributed by atoms with Crippen molar-refractivity contribution in [2.75, 3.05) is 4.90 Å². The van der Waals surface area contributed by atoms with Gasteiger partial charge in [0.05, 0.1) is 11.4 Å². The van der Waals surface area contributed by atoms with Crippen molar-refractivity contribution < 1.29 is 9.18 Å². The number of carbonyl (C=O) groups excluding carboxylic acids is 1. The lowest BCUT2D eigenvalue weighted by Gasteiger charge is -2.18. The number of aromatic nitrogens is 4. The maximum atomic E-state index is 14.2. The second-order valence-corrected chi connectivity index (χ2v) is 8.13. The summed E-state index contributed by atoms with van der Waals surface area (Å²) in [5.74, 6) is 0.815. The van der Waals surface area contributed by atoms with Gasteiger partial charge in [0.25, 0.3) is 0 Å². The molecule has 0 spiro atoms. The molecule has 2 aromatic heterocycles. The van der Waals surface area contributed by atoms with Gasteiger partial charge in [-0.1, -0.05) is 23.9 Å². The molecule has 1 aromatic carbocycles. The zero-order valence-corrected chi connectivity index (χ0v) is 16.6. The van der Waals surface area contributed by atoms with Crippen LogP contribution in [-0.4, -0.2) is 25.7 Å². The Morgan fingerprint density at radius 3 is 2.85 bits per heavy atom. The summed E-state index contributed by atoms with van der Waals surface area (Å²) in [6.07, 6.45) is 2.34. The predicted molar refractivity (Wildman–Crippen MR) is 104 cm³/mol. The lowest BCUT2D eigenvalue weighted by Crippen LogP contribution is -2.23.